The van der Waals surface area contributed by atoms with Gasteiger partial charge >= 0.3 is 5.97 Å². The van der Waals surface area contributed by atoms with Crippen LogP contribution in [0.25, 0.3) is 11.1 Å². The minimum absolute atomic E-state index is 0.0114. The molecule has 3 rings (SSSR count). The van der Waals surface area contributed by atoms with Gasteiger partial charge in [-0.3, -0.25) is 9.80 Å². The van der Waals surface area contributed by atoms with Crippen molar-refractivity contribution in [3.63, 3.8) is 0 Å². The van der Waals surface area contributed by atoms with Gasteiger partial charge in [-0.2, -0.15) is 0 Å². The summed E-state index contributed by atoms with van der Waals surface area (Å²) in [6.45, 7) is 8.74. The quantitative estimate of drug-likeness (QED) is 0.312. The van der Waals surface area contributed by atoms with E-state index in [1.165, 1.54) is 16.7 Å². The topological polar surface area (TPSA) is 42.0 Å². The highest BCUT2D eigenvalue weighted by Gasteiger charge is 2.15. The van der Waals surface area contributed by atoms with E-state index in [9.17, 15) is 4.79 Å². The summed E-state index contributed by atoms with van der Waals surface area (Å²) in [7, 11) is 0. The third-order valence-corrected chi connectivity index (χ3v) is 5.52. The number of ether oxygens (including phenoxy) is 2. The molecular weight excluding hydrogens is 412 g/mol. The van der Waals surface area contributed by atoms with Crippen molar-refractivity contribution < 1.29 is 14.3 Å². The number of halogens is 1. The Kier molecular flexibility index (Phi) is 9.56. The van der Waals surface area contributed by atoms with Crippen LogP contribution < -0.4 is 0 Å². The smallest absolute Gasteiger partial charge is 0.332 e. The summed E-state index contributed by atoms with van der Waals surface area (Å²) < 4.78 is 10.1. The normalized spacial score (nSPS) is 15.4. The average molecular weight is 443 g/mol. The van der Waals surface area contributed by atoms with E-state index in [4.69, 9.17) is 21.1 Å². The molecule has 6 heteroatoms. The van der Waals surface area contributed by atoms with E-state index in [0.717, 1.165) is 44.3 Å². The van der Waals surface area contributed by atoms with Crippen molar-refractivity contribution in [3.8, 4) is 11.1 Å². The van der Waals surface area contributed by atoms with Crippen LogP contribution in [0.5, 0.6) is 0 Å². The van der Waals surface area contributed by atoms with Crippen molar-refractivity contribution >= 4 is 17.6 Å². The van der Waals surface area contributed by atoms with Crippen molar-refractivity contribution in [2.45, 2.75) is 13.5 Å². The molecular formula is C25H31ClN2O3. The Morgan fingerprint density at radius 1 is 0.935 bits per heavy atom. The van der Waals surface area contributed by atoms with Gasteiger partial charge in [-0.1, -0.05) is 60.2 Å². The van der Waals surface area contributed by atoms with Crippen LogP contribution in [0.15, 0.2) is 60.7 Å². The van der Waals surface area contributed by atoms with Gasteiger partial charge in [-0.05, 0) is 35.7 Å². The second kappa shape index (κ2) is 12.6. The Hall–Kier alpha value is -2.18. The molecule has 0 amide bonds. The van der Waals surface area contributed by atoms with Gasteiger partial charge in [-0.15, -0.1) is 0 Å². The van der Waals surface area contributed by atoms with Crippen LogP contribution in [-0.2, 0) is 20.8 Å². The Balaban J connectivity index is 1.34. The highest BCUT2D eigenvalue weighted by molar-refractivity contribution is 6.30. The Bertz CT molecular complexity index is 829. The molecule has 0 aliphatic carbocycles. The zero-order valence-corrected chi connectivity index (χ0v) is 18.9. The van der Waals surface area contributed by atoms with Crippen molar-refractivity contribution in [2.24, 2.45) is 0 Å². The molecule has 0 unspecified atom stereocenters. The summed E-state index contributed by atoms with van der Waals surface area (Å²) in [6.07, 6.45) is 4.07. The third-order valence-electron chi connectivity index (χ3n) is 5.27. The number of rotatable bonds is 10. The maximum atomic E-state index is 11.2. The van der Waals surface area contributed by atoms with E-state index in [2.05, 4.69) is 52.3 Å². The molecule has 0 aromatic heterocycles. The van der Waals surface area contributed by atoms with E-state index in [-0.39, 0.29) is 12.6 Å². The zero-order chi connectivity index (χ0) is 21.9. The highest BCUT2D eigenvalue weighted by atomic mass is 35.5. The van der Waals surface area contributed by atoms with Gasteiger partial charge in [0.25, 0.3) is 0 Å². The van der Waals surface area contributed by atoms with Gasteiger partial charge in [-0.25, -0.2) is 4.79 Å². The first-order valence-corrected chi connectivity index (χ1v) is 11.2. The Labute approximate surface area is 190 Å². The fourth-order valence-electron chi connectivity index (χ4n) is 3.54. The van der Waals surface area contributed by atoms with E-state index < -0.39 is 0 Å². The lowest BCUT2D eigenvalue weighted by Crippen LogP contribution is -2.45. The maximum absolute atomic E-state index is 11.2. The summed E-state index contributed by atoms with van der Waals surface area (Å²) in [5.41, 5.74) is 3.73. The van der Waals surface area contributed by atoms with Crippen LogP contribution in [0.2, 0.25) is 5.02 Å². The zero-order valence-electron chi connectivity index (χ0n) is 18.1. The molecule has 0 spiro atoms. The lowest BCUT2D eigenvalue weighted by Gasteiger charge is -2.34. The number of carbonyl (C=O) groups excluding carboxylic acids is 1. The van der Waals surface area contributed by atoms with Crippen molar-refractivity contribution in [1.82, 2.24) is 9.80 Å². The van der Waals surface area contributed by atoms with E-state index in [1.54, 1.807) is 6.92 Å². The molecule has 1 aliphatic rings. The molecule has 1 fully saturated rings. The molecule has 2 aromatic rings. The second-order valence-electron chi connectivity index (χ2n) is 7.57. The first kappa shape index (κ1) is 23.5. The molecule has 1 saturated heterocycles. The molecule has 1 heterocycles. The first-order valence-electron chi connectivity index (χ1n) is 10.8. The number of carbonyl (C=O) groups is 1. The maximum Gasteiger partial charge on any atom is 0.332 e. The minimum Gasteiger partial charge on any atom is -0.464 e. The number of hydrogen-bond acceptors (Lipinski definition) is 5. The Morgan fingerprint density at radius 3 is 2.19 bits per heavy atom. The molecule has 5 nitrogen and oxygen atoms in total. The lowest BCUT2D eigenvalue weighted by atomic mass is 10.0. The monoisotopic (exact) mass is 442 g/mol. The molecule has 2 aromatic carbocycles. The molecule has 0 N–H and O–H groups in total. The van der Waals surface area contributed by atoms with Gasteiger partial charge in [0, 0.05) is 44.3 Å². The number of nitrogens with zero attached hydrogens (tertiary/aromatic N) is 2. The van der Waals surface area contributed by atoms with Crippen LogP contribution in [-0.4, -0.2) is 68.3 Å². The first-order chi connectivity index (χ1) is 15.1. The average Bonchev–Trinajstić information content (AvgIpc) is 2.78. The van der Waals surface area contributed by atoms with Crippen LogP contribution >= 0.6 is 11.6 Å². The lowest BCUT2D eigenvalue weighted by molar-refractivity contribution is -0.147. The molecule has 0 bridgehead atoms. The van der Waals surface area contributed by atoms with E-state index in [1.807, 2.05) is 18.2 Å². The third kappa shape index (κ3) is 8.11. The van der Waals surface area contributed by atoms with Crippen LogP contribution in [0.1, 0.15) is 12.5 Å². The number of piperazine rings is 1. The Morgan fingerprint density at radius 2 is 1.55 bits per heavy atom. The standard InChI is InChI=1S/C25H31ClN2O3/c1-2-31-25(29)20-30-18-4-3-13-27-14-16-28(17-15-27)19-21-5-7-22(8-6-21)23-9-11-24(26)12-10-23/h3-12H,2,13-20H2,1H3/b4-3-. The van der Waals surface area contributed by atoms with E-state index in [0.29, 0.717) is 13.2 Å². The fraction of sp³-hybridized carbons (Fsp3) is 0.400. The summed E-state index contributed by atoms with van der Waals surface area (Å²) >= 11 is 5.98. The molecule has 0 radical (unpaired) electrons. The molecule has 1 aliphatic heterocycles. The van der Waals surface area contributed by atoms with Gasteiger partial charge in [0.15, 0.2) is 0 Å². The summed E-state index contributed by atoms with van der Waals surface area (Å²) in [4.78, 5) is 16.1. The summed E-state index contributed by atoms with van der Waals surface area (Å²) in [6, 6.07) is 16.8. The number of benzene rings is 2. The van der Waals surface area contributed by atoms with Gasteiger partial charge in [0.2, 0.25) is 0 Å². The molecule has 0 atom stereocenters. The summed E-state index contributed by atoms with van der Waals surface area (Å²) in [5.74, 6) is -0.313. The van der Waals surface area contributed by atoms with Gasteiger partial charge < -0.3 is 9.47 Å². The minimum atomic E-state index is -0.313. The van der Waals surface area contributed by atoms with E-state index >= 15 is 0 Å². The van der Waals surface area contributed by atoms with Gasteiger partial charge in [0.05, 0.1) is 13.2 Å². The SMILES string of the molecule is CCOC(=O)COC/C=C\CN1CCN(Cc2ccc(-c3ccc(Cl)cc3)cc2)CC1. The van der Waals surface area contributed by atoms with Crippen molar-refractivity contribution in [2.75, 3.05) is 52.5 Å². The van der Waals surface area contributed by atoms with Gasteiger partial charge in [0.1, 0.15) is 6.61 Å². The second-order valence-corrected chi connectivity index (χ2v) is 8.01. The summed E-state index contributed by atoms with van der Waals surface area (Å²) in [5, 5.41) is 0.761. The number of esters is 1. The number of hydrogen-bond donors (Lipinski definition) is 0. The largest absolute Gasteiger partial charge is 0.464 e. The molecule has 0 saturated carbocycles. The van der Waals surface area contributed by atoms with Crippen LogP contribution in [0, 0.1) is 0 Å². The predicted octanol–water partition coefficient (Wildman–Crippen LogP) is 4.26. The molecule has 31 heavy (non-hydrogen) atoms. The van der Waals surface area contributed by atoms with Crippen molar-refractivity contribution in [3.05, 3.63) is 71.3 Å². The highest BCUT2D eigenvalue weighted by Crippen LogP contribution is 2.22. The molecule has 166 valence electrons. The fourth-order valence-corrected chi connectivity index (χ4v) is 3.66. The van der Waals surface area contributed by atoms with Crippen LogP contribution in [0.4, 0.5) is 0 Å². The van der Waals surface area contributed by atoms with Crippen molar-refractivity contribution in [1.29, 1.82) is 0 Å². The predicted molar refractivity (Wildman–Crippen MR) is 125 cm³/mol. The van der Waals surface area contributed by atoms with Crippen LogP contribution in [0.3, 0.4) is 0 Å².